The van der Waals surface area contributed by atoms with Crippen LogP contribution in [0, 0.1) is 27.7 Å². The zero-order chi connectivity index (χ0) is 38.4. The summed E-state index contributed by atoms with van der Waals surface area (Å²) in [4.78, 5) is 0. The fourth-order valence-corrected chi connectivity index (χ4v) is 11.2. The van der Waals surface area contributed by atoms with E-state index in [0.29, 0.717) is 0 Å². The molecule has 0 atom stereocenters. The van der Waals surface area contributed by atoms with Gasteiger partial charge < -0.3 is 9.47 Å². The third kappa shape index (κ3) is 4.53. The number of hydrogen-bond acceptors (Lipinski definition) is 2. The Kier molecular flexibility index (Phi) is 6.85. The first kappa shape index (κ1) is 33.6. The summed E-state index contributed by atoms with van der Waals surface area (Å²) in [6.45, 7) is 18.8. The smallest absolute Gasteiger partial charge is 0.251 e. The summed E-state index contributed by atoms with van der Waals surface area (Å²) in [5, 5.41) is 0. The summed E-state index contributed by atoms with van der Waals surface area (Å²) >= 11 is 0. The van der Waals surface area contributed by atoms with E-state index in [0.717, 1.165) is 23.0 Å². The maximum absolute atomic E-state index is 6.60. The largest absolute Gasteiger partial charge is 0.458 e. The van der Waals surface area contributed by atoms with Crippen molar-refractivity contribution in [2.24, 2.45) is 0 Å². The minimum absolute atomic E-state index is 0.141. The van der Waals surface area contributed by atoms with Crippen molar-refractivity contribution in [3.63, 3.8) is 0 Å². The molecule has 0 unspecified atom stereocenters. The van der Waals surface area contributed by atoms with Crippen molar-refractivity contribution in [1.82, 2.24) is 0 Å². The van der Waals surface area contributed by atoms with Gasteiger partial charge in [-0.25, -0.2) is 0 Å². The van der Waals surface area contributed by atoms with E-state index in [-0.39, 0.29) is 24.3 Å². The molecule has 4 heterocycles. The molecule has 0 N–H and O–H groups in total. The Bertz CT molecular complexity index is 2690. The molecule has 2 nitrogen and oxygen atoms in total. The summed E-state index contributed by atoms with van der Waals surface area (Å²) in [6, 6.07) is 45.7. The van der Waals surface area contributed by atoms with Gasteiger partial charge in [0.15, 0.2) is 0 Å². The molecule has 11 rings (SSSR count). The van der Waals surface area contributed by atoms with Crippen LogP contribution in [0.25, 0.3) is 22.3 Å². The zero-order valence-corrected chi connectivity index (χ0v) is 33.5. The average Bonchev–Trinajstić information content (AvgIpc) is 3.18. The second-order valence-electron chi connectivity index (χ2n) is 17.9. The van der Waals surface area contributed by atoms with Crippen LogP contribution in [0.3, 0.4) is 0 Å². The molecule has 7 aromatic carbocycles. The molecule has 0 amide bonds. The van der Waals surface area contributed by atoms with Gasteiger partial charge in [-0.2, -0.15) is 0 Å². The number of benzene rings is 7. The first-order chi connectivity index (χ1) is 26.9. The predicted octanol–water partition coefficient (Wildman–Crippen LogP) is 8.78. The molecule has 7 aromatic rings. The van der Waals surface area contributed by atoms with Crippen LogP contribution in [0.4, 0.5) is 0 Å². The van der Waals surface area contributed by atoms with E-state index in [1.54, 1.807) is 0 Å². The maximum Gasteiger partial charge on any atom is 0.251 e. The van der Waals surface area contributed by atoms with Crippen molar-refractivity contribution in [1.29, 1.82) is 0 Å². The highest BCUT2D eigenvalue weighted by Gasteiger charge is 2.47. The van der Waals surface area contributed by atoms with Gasteiger partial charge in [0.05, 0.1) is 0 Å². The van der Waals surface area contributed by atoms with Crippen molar-refractivity contribution < 1.29 is 9.47 Å². The molecule has 0 aliphatic carbocycles. The van der Waals surface area contributed by atoms with Crippen LogP contribution in [-0.2, 0) is 10.8 Å². The van der Waals surface area contributed by atoms with Crippen LogP contribution in [0.5, 0.6) is 23.0 Å². The highest BCUT2D eigenvalue weighted by molar-refractivity contribution is 6.98. The van der Waals surface area contributed by atoms with Crippen LogP contribution in [0.15, 0.2) is 121 Å². The Balaban J connectivity index is 1.04. The maximum atomic E-state index is 6.60. The number of hydrogen-bond donors (Lipinski definition) is 0. The van der Waals surface area contributed by atoms with Crippen molar-refractivity contribution in [3.05, 3.63) is 166 Å². The van der Waals surface area contributed by atoms with Crippen molar-refractivity contribution in [2.75, 3.05) is 0 Å². The predicted molar refractivity (Wildman–Crippen MR) is 236 cm³/mol. The van der Waals surface area contributed by atoms with E-state index in [2.05, 4.69) is 177 Å². The average molecular weight is 723 g/mol. The third-order valence-electron chi connectivity index (χ3n) is 13.7. The Morgan fingerprint density at radius 1 is 0.393 bits per heavy atom. The molecule has 56 heavy (non-hydrogen) atoms. The summed E-state index contributed by atoms with van der Waals surface area (Å²) in [7, 11) is 0. The lowest BCUT2D eigenvalue weighted by Crippen LogP contribution is -2.62. The standard InChI is InChI=1S/C52H44B2O2/c1-29-12-20-43-41(24-29)53-39-18-16-35(27-37(39)51(5,6)47-31(3)14-22-45(55-43)49(47)53)33-10-9-11-34(26-33)36-17-19-40-38(28-36)52(7,8)48-32(4)15-23-46-50(48)54(40)42-25-30(2)13-21-44(42)56-46/h9-28H,1-8H3. The second-order valence-corrected chi connectivity index (χ2v) is 17.9. The molecule has 4 heteroatoms. The quantitative estimate of drug-likeness (QED) is 0.166. The van der Waals surface area contributed by atoms with Gasteiger partial charge in [-0.15, -0.1) is 0 Å². The normalized spacial score (nSPS) is 15.6. The molecule has 0 saturated heterocycles. The van der Waals surface area contributed by atoms with E-state index < -0.39 is 0 Å². The van der Waals surface area contributed by atoms with Crippen molar-refractivity contribution in [2.45, 2.75) is 66.2 Å². The molecular weight excluding hydrogens is 678 g/mol. The summed E-state index contributed by atoms with van der Waals surface area (Å²) in [5.41, 5.74) is 23.3. The molecule has 0 saturated carbocycles. The summed E-state index contributed by atoms with van der Waals surface area (Å²) < 4.78 is 13.2. The van der Waals surface area contributed by atoms with Gasteiger partial charge in [0.25, 0.3) is 13.4 Å². The van der Waals surface area contributed by atoms with Gasteiger partial charge in [-0.05, 0) is 136 Å². The summed E-state index contributed by atoms with van der Waals surface area (Å²) in [5.74, 6) is 3.92. The fraction of sp³-hybridized carbons (Fsp3) is 0.192. The Morgan fingerprint density at radius 3 is 1.25 bits per heavy atom. The van der Waals surface area contributed by atoms with Gasteiger partial charge >= 0.3 is 0 Å². The molecule has 4 aliphatic rings. The monoisotopic (exact) mass is 722 g/mol. The molecule has 0 spiro atoms. The van der Waals surface area contributed by atoms with Crippen LogP contribution in [0.2, 0.25) is 0 Å². The van der Waals surface area contributed by atoms with Crippen molar-refractivity contribution in [3.8, 4) is 45.3 Å². The highest BCUT2D eigenvalue weighted by Crippen LogP contribution is 2.43. The number of aryl methyl sites for hydroxylation is 4. The van der Waals surface area contributed by atoms with E-state index in [9.17, 15) is 0 Å². The lowest BCUT2D eigenvalue weighted by atomic mass is 9.30. The number of rotatable bonds is 2. The Hall–Kier alpha value is -5.73. The van der Waals surface area contributed by atoms with Gasteiger partial charge in [0.1, 0.15) is 23.0 Å². The Labute approximate surface area is 331 Å². The van der Waals surface area contributed by atoms with Gasteiger partial charge in [0, 0.05) is 10.8 Å². The highest BCUT2D eigenvalue weighted by atomic mass is 16.5. The first-order valence-electron chi connectivity index (χ1n) is 20.1. The zero-order valence-electron chi connectivity index (χ0n) is 33.5. The van der Waals surface area contributed by atoms with E-state index in [1.807, 2.05) is 0 Å². The molecule has 0 bridgehead atoms. The Morgan fingerprint density at radius 2 is 0.804 bits per heavy atom. The van der Waals surface area contributed by atoms with Gasteiger partial charge in [0.2, 0.25) is 0 Å². The van der Waals surface area contributed by atoms with Crippen LogP contribution in [0.1, 0.15) is 72.2 Å². The topological polar surface area (TPSA) is 18.5 Å². The SMILES string of the molecule is Cc1ccc2c(c1)B1c3ccc(-c4cccc(-c5ccc6c(c5)C(C)(C)c5c(C)ccc7c5B6c5cc(C)ccc5O7)c4)cc3C(C)(C)c3c(C)ccc(c31)O2. The molecule has 0 aromatic heterocycles. The number of fused-ring (bicyclic) bond motifs is 8. The van der Waals surface area contributed by atoms with Gasteiger partial charge in [-0.1, -0.05) is 141 Å². The van der Waals surface area contributed by atoms with Crippen LogP contribution < -0.4 is 42.3 Å². The molecular formula is C52H44B2O2. The molecule has 0 radical (unpaired) electrons. The van der Waals surface area contributed by atoms with Crippen LogP contribution >= 0.6 is 0 Å². The van der Waals surface area contributed by atoms with Crippen LogP contribution in [-0.4, -0.2) is 13.4 Å². The third-order valence-corrected chi connectivity index (χ3v) is 13.7. The van der Waals surface area contributed by atoms with Crippen molar-refractivity contribution >= 4 is 46.2 Å². The van der Waals surface area contributed by atoms with E-state index >= 15 is 0 Å². The molecule has 4 aliphatic heterocycles. The fourth-order valence-electron chi connectivity index (χ4n) is 11.2. The first-order valence-corrected chi connectivity index (χ1v) is 20.1. The minimum atomic E-state index is -0.195. The van der Waals surface area contributed by atoms with E-state index in [1.165, 1.54) is 99.5 Å². The lowest BCUT2D eigenvalue weighted by molar-refractivity contribution is 0.484. The summed E-state index contributed by atoms with van der Waals surface area (Å²) in [6.07, 6.45) is 0. The minimum Gasteiger partial charge on any atom is -0.458 e. The molecule has 270 valence electrons. The molecule has 0 fully saturated rings. The second kappa shape index (κ2) is 11.4. The number of ether oxygens (including phenoxy) is 2. The lowest BCUT2D eigenvalue weighted by Gasteiger charge is -2.43. The van der Waals surface area contributed by atoms with E-state index in [4.69, 9.17) is 9.47 Å². The van der Waals surface area contributed by atoms with Gasteiger partial charge in [-0.3, -0.25) is 0 Å².